The van der Waals surface area contributed by atoms with Crippen LogP contribution in [0.5, 0.6) is 0 Å². The monoisotopic (exact) mass is 326 g/mol. The van der Waals surface area contributed by atoms with Crippen molar-refractivity contribution in [3.05, 3.63) is 60.3 Å². The van der Waals surface area contributed by atoms with E-state index in [1.54, 1.807) is 6.20 Å². The zero-order valence-electron chi connectivity index (χ0n) is 13.2. The van der Waals surface area contributed by atoms with Crippen molar-refractivity contribution in [1.82, 2.24) is 10.3 Å². The lowest BCUT2D eigenvalue weighted by atomic mass is 9.95. The molecular formula is C19H22N2OS. The van der Waals surface area contributed by atoms with Crippen LogP contribution in [0.4, 0.5) is 0 Å². The Bertz CT molecular complexity index is 612. The minimum absolute atomic E-state index is 0.0961. The fourth-order valence-corrected chi connectivity index (χ4v) is 3.95. The van der Waals surface area contributed by atoms with Crippen molar-refractivity contribution in [2.45, 2.75) is 48.4 Å². The molecule has 2 aromatic rings. The second kappa shape index (κ2) is 8.16. The second-order valence-corrected chi connectivity index (χ2v) is 7.05. The zero-order chi connectivity index (χ0) is 15.9. The number of carbonyl (C=O) groups is 1. The molecule has 1 atom stereocenters. The van der Waals surface area contributed by atoms with Crippen LogP contribution < -0.4 is 5.32 Å². The molecule has 0 saturated heterocycles. The fourth-order valence-electron chi connectivity index (χ4n) is 2.96. The third-order valence-corrected chi connectivity index (χ3v) is 5.37. The second-order valence-electron chi connectivity index (χ2n) is 5.92. The summed E-state index contributed by atoms with van der Waals surface area (Å²) in [6, 6.07) is 16.1. The molecule has 0 spiro atoms. The highest BCUT2D eigenvalue weighted by molar-refractivity contribution is 8.00. The average molecular weight is 326 g/mol. The Kier molecular flexibility index (Phi) is 5.70. The number of hydrogen-bond acceptors (Lipinski definition) is 3. The van der Waals surface area contributed by atoms with Crippen molar-refractivity contribution in [2.75, 3.05) is 0 Å². The Morgan fingerprint density at radius 1 is 1.04 bits per heavy atom. The Morgan fingerprint density at radius 3 is 2.48 bits per heavy atom. The van der Waals surface area contributed by atoms with E-state index in [-0.39, 0.29) is 11.2 Å². The molecule has 1 aromatic carbocycles. The summed E-state index contributed by atoms with van der Waals surface area (Å²) in [5.74, 6) is 0.0961. The number of hydrogen-bond donors (Lipinski definition) is 1. The van der Waals surface area contributed by atoms with Crippen molar-refractivity contribution in [1.29, 1.82) is 0 Å². The summed E-state index contributed by atoms with van der Waals surface area (Å²) in [5.41, 5.74) is 1.02. The number of nitrogens with zero attached hydrogens (tertiary/aromatic N) is 1. The maximum Gasteiger partial charge on any atom is 0.238 e. The number of carbonyl (C=O) groups excluding carboxylic acids is 1. The maximum atomic E-state index is 12.9. The Morgan fingerprint density at radius 2 is 1.78 bits per heavy atom. The van der Waals surface area contributed by atoms with Gasteiger partial charge in [0.15, 0.2) is 0 Å². The van der Waals surface area contributed by atoms with Crippen molar-refractivity contribution in [3.8, 4) is 0 Å². The summed E-state index contributed by atoms with van der Waals surface area (Å²) in [6.45, 7) is 0. The highest BCUT2D eigenvalue weighted by Gasteiger charge is 2.25. The number of amides is 1. The standard InChI is InChI=1S/C19H22N2OS/c22-19(21-16-11-5-2-6-12-16)18(15-9-3-1-4-10-15)23-17-13-7-8-14-20-17/h1,3-4,7-10,13-14,16,18H,2,5-6,11-12H2,(H,21,22). The number of thioether (sulfide) groups is 1. The molecule has 1 aliphatic carbocycles. The van der Waals surface area contributed by atoms with Crippen molar-refractivity contribution in [3.63, 3.8) is 0 Å². The zero-order valence-corrected chi connectivity index (χ0v) is 14.0. The lowest BCUT2D eigenvalue weighted by Gasteiger charge is -2.25. The van der Waals surface area contributed by atoms with E-state index in [0.29, 0.717) is 6.04 Å². The van der Waals surface area contributed by atoms with E-state index in [2.05, 4.69) is 10.3 Å². The summed E-state index contributed by atoms with van der Waals surface area (Å²) >= 11 is 1.52. The lowest BCUT2D eigenvalue weighted by molar-refractivity contribution is -0.121. The molecule has 1 fully saturated rings. The van der Waals surface area contributed by atoms with Crippen LogP contribution in [0.3, 0.4) is 0 Å². The first kappa shape index (κ1) is 16.1. The third-order valence-electron chi connectivity index (χ3n) is 4.17. The number of nitrogens with one attached hydrogen (secondary N) is 1. The van der Waals surface area contributed by atoms with Gasteiger partial charge in [-0.25, -0.2) is 4.98 Å². The van der Waals surface area contributed by atoms with Crippen LogP contribution in [-0.4, -0.2) is 16.9 Å². The van der Waals surface area contributed by atoms with Gasteiger partial charge in [-0.15, -0.1) is 0 Å². The van der Waals surface area contributed by atoms with E-state index in [0.717, 1.165) is 23.4 Å². The first-order valence-corrected chi connectivity index (χ1v) is 9.14. The Balaban J connectivity index is 1.75. The summed E-state index contributed by atoms with van der Waals surface area (Å²) in [7, 11) is 0. The number of pyridine rings is 1. The third kappa shape index (κ3) is 4.58. The van der Waals surface area contributed by atoms with Crippen LogP contribution in [0, 0.1) is 0 Å². The van der Waals surface area contributed by atoms with Crippen molar-refractivity contribution in [2.24, 2.45) is 0 Å². The normalized spacial score (nSPS) is 16.7. The van der Waals surface area contributed by atoms with Crippen molar-refractivity contribution >= 4 is 17.7 Å². The van der Waals surface area contributed by atoms with Crippen LogP contribution >= 0.6 is 11.8 Å². The number of aromatic nitrogens is 1. The van der Waals surface area contributed by atoms with E-state index in [4.69, 9.17) is 0 Å². The highest BCUT2D eigenvalue weighted by Crippen LogP contribution is 2.34. The number of benzene rings is 1. The molecular weight excluding hydrogens is 304 g/mol. The molecule has 0 aliphatic heterocycles. The molecule has 1 aliphatic rings. The molecule has 1 aromatic heterocycles. The van der Waals surface area contributed by atoms with Gasteiger partial charge >= 0.3 is 0 Å². The smallest absolute Gasteiger partial charge is 0.238 e. The SMILES string of the molecule is O=C(NC1CCCCC1)C(Sc1ccccn1)c1ccccc1. The molecule has 0 radical (unpaired) electrons. The van der Waals surface area contributed by atoms with E-state index < -0.39 is 0 Å². The molecule has 1 N–H and O–H groups in total. The first-order chi connectivity index (χ1) is 11.3. The van der Waals surface area contributed by atoms with Crippen LogP contribution in [0.1, 0.15) is 42.9 Å². The summed E-state index contributed by atoms with van der Waals surface area (Å²) < 4.78 is 0. The molecule has 1 heterocycles. The molecule has 3 rings (SSSR count). The molecule has 3 nitrogen and oxygen atoms in total. The van der Waals surface area contributed by atoms with E-state index in [9.17, 15) is 4.79 Å². The van der Waals surface area contributed by atoms with Gasteiger partial charge in [-0.1, -0.05) is 67.4 Å². The molecule has 120 valence electrons. The maximum absolute atomic E-state index is 12.9. The van der Waals surface area contributed by atoms with Crippen LogP contribution in [0.2, 0.25) is 0 Å². The first-order valence-electron chi connectivity index (χ1n) is 8.26. The Labute approximate surface area is 141 Å². The summed E-state index contributed by atoms with van der Waals surface area (Å²) in [5, 5.41) is 3.87. The molecule has 1 saturated carbocycles. The fraction of sp³-hybridized carbons (Fsp3) is 0.368. The van der Waals surface area contributed by atoms with Gasteiger partial charge in [0.1, 0.15) is 5.25 Å². The summed E-state index contributed by atoms with van der Waals surface area (Å²) in [6.07, 6.45) is 7.69. The molecule has 1 amide bonds. The van der Waals surface area contributed by atoms with E-state index in [1.807, 2.05) is 48.5 Å². The van der Waals surface area contributed by atoms with Gasteiger partial charge in [0.05, 0.1) is 5.03 Å². The largest absolute Gasteiger partial charge is 0.352 e. The highest BCUT2D eigenvalue weighted by atomic mass is 32.2. The molecule has 1 unspecified atom stereocenters. The van der Waals surface area contributed by atoms with Gasteiger partial charge in [0.25, 0.3) is 0 Å². The van der Waals surface area contributed by atoms with Gasteiger partial charge in [0.2, 0.25) is 5.91 Å². The van der Waals surface area contributed by atoms with Gasteiger partial charge in [0, 0.05) is 12.2 Å². The van der Waals surface area contributed by atoms with Crippen LogP contribution in [-0.2, 0) is 4.79 Å². The molecule has 23 heavy (non-hydrogen) atoms. The van der Waals surface area contributed by atoms with Crippen LogP contribution in [0.25, 0.3) is 0 Å². The van der Waals surface area contributed by atoms with Gasteiger partial charge in [-0.05, 0) is 30.5 Å². The van der Waals surface area contributed by atoms with Crippen LogP contribution in [0.15, 0.2) is 59.8 Å². The minimum Gasteiger partial charge on any atom is -0.352 e. The molecule has 0 bridgehead atoms. The predicted molar refractivity (Wildman–Crippen MR) is 94.3 cm³/mol. The van der Waals surface area contributed by atoms with Gasteiger partial charge < -0.3 is 5.32 Å². The summed E-state index contributed by atoms with van der Waals surface area (Å²) in [4.78, 5) is 17.2. The van der Waals surface area contributed by atoms with Gasteiger partial charge in [-0.3, -0.25) is 4.79 Å². The average Bonchev–Trinajstić information content (AvgIpc) is 2.62. The predicted octanol–water partition coefficient (Wildman–Crippen LogP) is 4.36. The van der Waals surface area contributed by atoms with E-state index >= 15 is 0 Å². The van der Waals surface area contributed by atoms with E-state index in [1.165, 1.54) is 31.0 Å². The van der Waals surface area contributed by atoms with Gasteiger partial charge in [-0.2, -0.15) is 0 Å². The Hall–Kier alpha value is -1.81. The quantitative estimate of drug-likeness (QED) is 0.830. The number of rotatable bonds is 5. The topological polar surface area (TPSA) is 42.0 Å². The lowest BCUT2D eigenvalue weighted by Crippen LogP contribution is -2.38. The minimum atomic E-state index is -0.256. The molecule has 4 heteroatoms. The van der Waals surface area contributed by atoms with Crippen molar-refractivity contribution < 1.29 is 4.79 Å².